The van der Waals surface area contributed by atoms with Gasteiger partial charge in [0.2, 0.25) is 0 Å². The number of carbonyl (C=O) groups is 2. The maximum atomic E-state index is 13.6. The molecule has 1 N–H and O–H groups in total. The van der Waals surface area contributed by atoms with Crippen LogP contribution in [0.15, 0.2) is 74.5 Å². The fourth-order valence-electron chi connectivity index (χ4n) is 3.84. The number of benzene rings is 2. The Morgan fingerprint density at radius 3 is 2.37 bits per heavy atom. The van der Waals surface area contributed by atoms with Crippen LogP contribution in [0.1, 0.15) is 48.3 Å². The SMILES string of the molecule is CSc1ccc(C2C(C(=O)OC(C)C)=C(C)N=c3s/c(=C\c4ccc(C(=O)O)cc4)c(=O)n32)cc1. The molecule has 0 saturated heterocycles. The van der Waals surface area contributed by atoms with Crippen molar-refractivity contribution in [1.29, 1.82) is 0 Å². The highest BCUT2D eigenvalue weighted by Crippen LogP contribution is 2.32. The topological polar surface area (TPSA) is 98.0 Å². The number of hydrogen-bond acceptors (Lipinski definition) is 7. The van der Waals surface area contributed by atoms with E-state index in [-0.39, 0.29) is 17.2 Å². The molecule has 0 saturated carbocycles. The first kappa shape index (κ1) is 24.7. The monoisotopic (exact) mass is 508 g/mol. The normalized spacial score (nSPS) is 15.7. The minimum Gasteiger partial charge on any atom is -0.478 e. The summed E-state index contributed by atoms with van der Waals surface area (Å²) in [5, 5.41) is 9.12. The van der Waals surface area contributed by atoms with Crippen LogP contribution in [-0.4, -0.2) is 34.0 Å². The number of rotatable bonds is 6. The number of carboxylic acid groups (broad SMARTS) is 1. The van der Waals surface area contributed by atoms with Crippen LogP contribution in [0.5, 0.6) is 0 Å². The fraction of sp³-hybridized carbons (Fsp3) is 0.231. The lowest BCUT2D eigenvalue weighted by Crippen LogP contribution is -2.40. The van der Waals surface area contributed by atoms with Gasteiger partial charge in [-0.25, -0.2) is 14.6 Å². The molecule has 3 aromatic rings. The molecule has 0 fully saturated rings. The number of fused-ring (bicyclic) bond motifs is 1. The number of ether oxygens (including phenoxy) is 1. The Balaban J connectivity index is 1.89. The number of carboxylic acids is 1. The summed E-state index contributed by atoms with van der Waals surface area (Å²) in [5.74, 6) is -1.52. The van der Waals surface area contributed by atoms with E-state index < -0.39 is 18.0 Å². The van der Waals surface area contributed by atoms with Crippen LogP contribution in [0.3, 0.4) is 0 Å². The van der Waals surface area contributed by atoms with Crippen molar-refractivity contribution in [2.45, 2.75) is 37.8 Å². The van der Waals surface area contributed by atoms with Crippen molar-refractivity contribution in [1.82, 2.24) is 4.57 Å². The highest BCUT2D eigenvalue weighted by Gasteiger charge is 2.33. The van der Waals surface area contributed by atoms with Crippen molar-refractivity contribution >= 4 is 41.1 Å². The van der Waals surface area contributed by atoms with Crippen LogP contribution in [0.25, 0.3) is 6.08 Å². The zero-order valence-corrected chi connectivity index (χ0v) is 21.3. The maximum absolute atomic E-state index is 13.6. The molecule has 1 atom stereocenters. The molecule has 1 unspecified atom stereocenters. The molecule has 0 aliphatic carbocycles. The summed E-state index contributed by atoms with van der Waals surface area (Å²) in [6, 6.07) is 13.4. The lowest BCUT2D eigenvalue weighted by molar-refractivity contribution is -0.143. The molecule has 2 heterocycles. The van der Waals surface area contributed by atoms with Crippen LogP contribution < -0.4 is 14.9 Å². The fourth-order valence-corrected chi connectivity index (χ4v) is 5.29. The van der Waals surface area contributed by atoms with E-state index in [0.29, 0.717) is 26.2 Å². The number of carbonyl (C=O) groups excluding carboxylic acids is 1. The predicted molar refractivity (Wildman–Crippen MR) is 137 cm³/mol. The standard InChI is InChI=1S/C26H24N2O5S2/c1-14(2)33-25(32)21-15(3)27-26-28(22(21)17-9-11-19(34-4)12-10-17)23(29)20(35-26)13-16-5-7-18(8-6-16)24(30)31/h5-14,22H,1-4H3,(H,30,31)/b20-13-. The van der Waals surface area contributed by atoms with Crippen molar-refractivity contribution in [3.8, 4) is 0 Å². The molecule has 0 radical (unpaired) electrons. The molecular formula is C26H24N2O5S2. The van der Waals surface area contributed by atoms with Gasteiger partial charge in [-0.15, -0.1) is 11.8 Å². The Labute approximate surface area is 210 Å². The second-order valence-corrected chi connectivity index (χ2v) is 10.1. The van der Waals surface area contributed by atoms with Crippen LogP contribution in [-0.2, 0) is 9.53 Å². The van der Waals surface area contributed by atoms with Gasteiger partial charge < -0.3 is 9.84 Å². The second-order valence-electron chi connectivity index (χ2n) is 8.24. The summed E-state index contributed by atoms with van der Waals surface area (Å²) in [6.07, 6.45) is 3.37. The first-order valence-electron chi connectivity index (χ1n) is 10.9. The number of hydrogen-bond donors (Lipinski definition) is 1. The molecule has 0 bridgehead atoms. The Bertz CT molecular complexity index is 1500. The largest absolute Gasteiger partial charge is 0.478 e. The average Bonchev–Trinajstić information content (AvgIpc) is 3.12. The summed E-state index contributed by atoms with van der Waals surface area (Å²) >= 11 is 2.83. The second kappa shape index (κ2) is 10.1. The lowest BCUT2D eigenvalue weighted by atomic mass is 9.96. The minimum atomic E-state index is -1.01. The summed E-state index contributed by atoms with van der Waals surface area (Å²) in [7, 11) is 0. The highest BCUT2D eigenvalue weighted by molar-refractivity contribution is 7.98. The van der Waals surface area contributed by atoms with Gasteiger partial charge in [-0.3, -0.25) is 9.36 Å². The van der Waals surface area contributed by atoms with Crippen LogP contribution in [0.2, 0.25) is 0 Å². The van der Waals surface area contributed by atoms with E-state index in [4.69, 9.17) is 9.84 Å². The number of thiazole rings is 1. The lowest BCUT2D eigenvalue weighted by Gasteiger charge is -2.25. The number of thioether (sulfide) groups is 1. The van der Waals surface area contributed by atoms with E-state index in [2.05, 4.69) is 4.99 Å². The smallest absolute Gasteiger partial charge is 0.338 e. The molecule has 7 nitrogen and oxygen atoms in total. The Morgan fingerprint density at radius 2 is 1.80 bits per heavy atom. The Morgan fingerprint density at radius 1 is 1.14 bits per heavy atom. The van der Waals surface area contributed by atoms with Gasteiger partial charge >= 0.3 is 11.9 Å². The van der Waals surface area contributed by atoms with E-state index in [1.165, 1.54) is 23.5 Å². The average molecular weight is 509 g/mol. The first-order valence-corrected chi connectivity index (χ1v) is 12.9. The molecule has 1 aliphatic rings. The summed E-state index contributed by atoms with van der Waals surface area (Å²) in [6.45, 7) is 5.31. The molecule has 180 valence electrons. The molecule has 35 heavy (non-hydrogen) atoms. The number of allylic oxidation sites excluding steroid dienone is 1. The van der Waals surface area contributed by atoms with Crippen molar-refractivity contribution in [3.05, 3.63) is 96.2 Å². The van der Waals surface area contributed by atoms with E-state index >= 15 is 0 Å². The summed E-state index contributed by atoms with van der Waals surface area (Å²) in [4.78, 5) is 44.0. The molecule has 2 aromatic carbocycles. The van der Waals surface area contributed by atoms with Crippen molar-refractivity contribution < 1.29 is 19.4 Å². The van der Waals surface area contributed by atoms with Crippen LogP contribution >= 0.6 is 23.1 Å². The molecular weight excluding hydrogens is 484 g/mol. The van der Waals surface area contributed by atoms with E-state index in [1.54, 1.807) is 55.3 Å². The van der Waals surface area contributed by atoms with Gasteiger partial charge in [-0.05, 0) is 68.5 Å². The molecule has 0 spiro atoms. The Kier molecular flexibility index (Phi) is 7.09. The Hall–Kier alpha value is -3.43. The number of aromatic nitrogens is 1. The third-order valence-corrected chi connectivity index (χ3v) is 7.20. The first-order chi connectivity index (χ1) is 16.7. The van der Waals surface area contributed by atoms with E-state index in [1.807, 2.05) is 30.5 Å². The van der Waals surface area contributed by atoms with E-state index in [9.17, 15) is 14.4 Å². The van der Waals surface area contributed by atoms with Gasteiger partial charge in [-0.1, -0.05) is 35.6 Å². The maximum Gasteiger partial charge on any atom is 0.338 e. The summed E-state index contributed by atoms with van der Waals surface area (Å²) < 4.78 is 7.49. The quantitative estimate of drug-likeness (QED) is 0.404. The van der Waals surface area contributed by atoms with E-state index in [0.717, 1.165) is 10.5 Å². The van der Waals surface area contributed by atoms with Crippen molar-refractivity contribution in [2.24, 2.45) is 4.99 Å². The number of nitrogens with zero attached hydrogens (tertiary/aromatic N) is 2. The van der Waals surface area contributed by atoms with Crippen molar-refractivity contribution in [2.75, 3.05) is 6.26 Å². The van der Waals surface area contributed by atoms with Gasteiger partial charge in [0.05, 0.1) is 33.5 Å². The molecule has 9 heteroatoms. The third-order valence-electron chi connectivity index (χ3n) is 5.47. The zero-order valence-electron chi connectivity index (χ0n) is 19.6. The number of aromatic carboxylic acids is 1. The molecule has 1 aliphatic heterocycles. The molecule has 4 rings (SSSR count). The summed E-state index contributed by atoms with van der Waals surface area (Å²) in [5.41, 5.74) is 2.20. The predicted octanol–water partition coefficient (Wildman–Crippen LogP) is 3.61. The van der Waals surface area contributed by atoms with Crippen LogP contribution in [0.4, 0.5) is 0 Å². The van der Waals surface area contributed by atoms with Crippen molar-refractivity contribution in [3.63, 3.8) is 0 Å². The molecule has 1 aromatic heterocycles. The van der Waals surface area contributed by atoms with Gasteiger partial charge in [0.1, 0.15) is 0 Å². The van der Waals surface area contributed by atoms with Gasteiger partial charge in [0, 0.05) is 4.90 Å². The minimum absolute atomic E-state index is 0.168. The van der Waals surface area contributed by atoms with Crippen LogP contribution in [0, 0.1) is 0 Å². The highest BCUT2D eigenvalue weighted by atomic mass is 32.2. The molecule has 0 amide bonds. The van der Waals surface area contributed by atoms with Gasteiger partial charge in [0.15, 0.2) is 4.80 Å². The third kappa shape index (κ3) is 5.01. The number of esters is 1. The zero-order chi connectivity index (χ0) is 25.3. The van der Waals surface area contributed by atoms with Gasteiger partial charge in [-0.2, -0.15) is 0 Å². The van der Waals surface area contributed by atoms with Gasteiger partial charge in [0.25, 0.3) is 5.56 Å².